The van der Waals surface area contributed by atoms with Crippen LogP contribution in [0.4, 0.5) is 4.79 Å². The fraction of sp³-hybridized carbons (Fsp3) is 0.774. The Labute approximate surface area is 231 Å². The van der Waals surface area contributed by atoms with E-state index >= 15 is 0 Å². The van der Waals surface area contributed by atoms with Crippen LogP contribution in [0.25, 0.3) is 0 Å². The Hall–Kier alpha value is -1.60. The summed E-state index contributed by atoms with van der Waals surface area (Å²) in [7, 11) is -3.70. The fourth-order valence-corrected chi connectivity index (χ4v) is 9.31. The van der Waals surface area contributed by atoms with E-state index in [4.69, 9.17) is 8.92 Å². The summed E-state index contributed by atoms with van der Waals surface area (Å²) >= 11 is 0. The summed E-state index contributed by atoms with van der Waals surface area (Å²) in [4.78, 5) is 15.9. The minimum absolute atomic E-state index is 0.0799. The molecular weight excluding hydrogens is 498 g/mol. The molecule has 4 fully saturated rings. The van der Waals surface area contributed by atoms with Crippen LogP contribution in [0.2, 0.25) is 0 Å². The van der Waals surface area contributed by atoms with Gasteiger partial charge in [0.1, 0.15) is 5.60 Å². The first-order valence-electron chi connectivity index (χ1n) is 14.6. The standard InChI is InChI=1S/C31H49NO5S/c1-24-12-14-26(15-13-24)38(34,35)36-17-11-9-7-8-10-16-32(27(33)37-28(2,3)4)31-20-25-18-29(5,22-31)21-30(6,19-25)23-31/h12-15,25H,7-11,16-23H2,1-6H3/t25-,29+,30-,31+. The highest BCUT2D eigenvalue weighted by molar-refractivity contribution is 7.86. The Bertz CT molecular complexity index is 1070. The third kappa shape index (κ3) is 6.93. The smallest absolute Gasteiger partial charge is 0.410 e. The Morgan fingerprint density at radius 3 is 2.08 bits per heavy atom. The quantitative estimate of drug-likeness (QED) is 0.210. The topological polar surface area (TPSA) is 72.9 Å². The number of nitrogens with zero attached hydrogens (tertiary/aromatic N) is 1. The summed E-state index contributed by atoms with van der Waals surface area (Å²) in [6.45, 7) is 13.6. The van der Waals surface area contributed by atoms with E-state index in [0.29, 0.717) is 23.2 Å². The lowest BCUT2D eigenvalue weighted by Gasteiger charge is -2.67. The Kier molecular flexibility index (Phi) is 8.32. The van der Waals surface area contributed by atoms with E-state index in [1.54, 1.807) is 24.3 Å². The first-order valence-corrected chi connectivity index (χ1v) is 16.0. The van der Waals surface area contributed by atoms with Crippen LogP contribution in [0.5, 0.6) is 0 Å². The monoisotopic (exact) mass is 547 g/mol. The highest BCUT2D eigenvalue weighted by Crippen LogP contribution is 2.67. The molecular formula is C31H49NO5S. The number of ether oxygens (including phenoxy) is 1. The molecule has 4 saturated carbocycles. The van der Waals surface area contributed by atoms with Crippen LogP contribution in [0, 0.1) is 23.7 Å². The summed E-state index contributed by atoms with van der Waals surface area (Å²) in [6, 6.07) is 6.74. The van der Waals surface area contributed by atoms with Gasteiger partial charge in [0, 0.05) is 12.1 Å². The third-order valence-electron chi connectivity index (χ3n) is 8.86. The summed E-state index contributed by atoms with van der Waals surface area (Å²) in [6.07, 6.45) is 11.6. The minimum Gasteiger partial charge on any atom is -0.444 e. The van der Waals surface area contributed by atoms with Crippen LogP contribution in [0.15, 0.2) is 29.2 Å². The molecule has 0 aromatic heterocycles. The largest absolute Gasteiger partial charge is 0.444 e. The Morgan fingerprint density at radius 2 is 1.50 bits per heavy atom. The molecule has 4 atom stereocenters. The van der Waals surface area contributed by atoms with E-state index in [2.05, 4.69) is 18.7 Å². The molecule has 214 valence electrons. The number of unbranched alkanes of at least 4 members (excludes halogenated alkanes) is 4. The molecule has 0 N–H and O–H groups in total. The fourth-order valence-electron chi connectivity index (χ4n) is 8.37. The van der Waals surface area contributed by atoms with Gasteiger partial charge in [-0.25, -0.2) is 4.79 Å². The lowest BCUT2D eigenvalue weighted by atomic mass is 9.42. The molecule has 0 spiro atoms. The lowest BCUT2D eigenvalue weighted by Crippen LogP contribution is -2.66. The third-order valence-corrected chi connectivity index (χ3v) is 10.2. The van der Waals surface area contributed by atoms with Crippen LogP contribution >= 0.6 is 0 Å². The van der Waals surface area contributed by atoms with Crippen molar-refractivity contribution in [2.45, 2.75) is 128 Å². The zero-order valence-corrected chi connectivity index (χ0v) is 25.3. The van der Waals surface area contributed by atoms with Gasteiger partial charge in [-0.2, -0.15) is 8.42 Å². The molecule has 0 aliphatic heterocycles. The second-order valence-corrected chi connectivity index (χ2v) is 16.0. The molecule has 38 heavy (non-hydrogen) atoms. The van der Waals surface area contributed by atoms with Gasteiger partial charge in [-0.1, -0.05) is 50.8 Å². The second-order valence-electron chi connectivity index (χ2n) is 14.3. The van der Waals surface area contributed by atoms with E-state index in [-0.39, 0.29) is 23.1 Å². The van der Waals surface area contributed by atoms with Crippen molar-refractivity contribution in [3.05, 3.63) is 29.8 Å². The van der Waals surface area contributed by atoms with Crippen LogP contribution in [0.1, 0.15) is 111 Å². The Morgan fingerprint density at radius 1 is 0.921 bits per heavy atom. The van der Waals surface area contributed by atoms with Crippen LogP contribution in [-0.2, 0) is 19.0 Å². The van der Waals surface area contributed by atoms with Crippen LogP contribution in [-0.4, -0.2) is 43.7 Å². The molecule has 7 heteroatoms. The molecule has 1 aromatic rings. The van der Waals surface area contributed by atoms with Crippen molar-refractivity contribution >= 4 is 16.2 Å². The number of carbonyl (C=O) groups is 1. The van der Waals surface area contributed by atoms with Crippen molar-refractivity contribution in [2.75, 3.05) is 13.2 Å². The molecule has 0 radical (unpaired) electrons. The van der Waals surface area contributed by atoms with Crippen molar-refractivity contribution in [2.24, 2.45) is 16.7 Å². The summed E-state index contributed by atoms with van der Waals surface area (Å²) in [5.41, 5.74) is 1.08. The first-order chi connectivity index (χ1) is 17.6. The zero-order chi connectivity index (χ0) is 27.8. The van der Waals surface area contributed by atoms with Crippen LogP contribution in [0.3, 0.4) is 0 Å². The number of benzene rings is 1. The molecule has 4 aliphatic rings. The van der Waals surface area contributed by atoms with Gasteiger partial charge in [0.25, 0.3) is 10.1 Å². The highest BCUT2D eigenvalue weighted by atomic mass is 32.2. The number of aryl methyl sites for hydroxylation is 1. The maximum atomic E-state index is 13.5. The first kappa shape index (κ1) is 29.4. The van der Waals surface area contributed by atoms with Gasteiger partial charge in [-0.15, -0.1) is 0 Å². The molecule has 6 nitrogen and oxygen atoms in total. The summed E-state index contributed by atoms with van der Waals surface area (Å²) in [5, 5.41) is 0. The molecule has 1 amide bonds. The van der Waals surface area contributed by atoms with Gasteiger partial charge in [-0.3, -0.25) is 4.18 Å². The van der Waals surface area contributed by atoms with Crippen molar-refractivity contribution in [1.29, 1.82) is 0 Å². The second kappa shape index (κ2) is 10.8. The molecule has 0 heterocycles. The van der Waals surface area contributed by atoms with Crippen molar-refractivity contribution < 1.29 is 22.1 Å². The molecule has 0 saturated heterocycles. The van der Waals surface area contributed by atoms with Gasteiger partial charge >= 0.3 is 6.09 Å². The number of amides is 1. The number of hydrogen-bond donors (Lipinski definition) is 0. The number of hydrogen-bond acceptors (Lipinski definition) is 5. The zero-order valence-electron chi connectivity index (χ0n) is 24.5. The minimum atomic E-state index is -3.70. The number of carbonyl (C=O) groups excluding carboxylic acids is 1. The molecule has 4 bridgehead atoms. The van der Waals surface area contributed by atoms with Crippen LogP contribution < -0.4 is 0 Å². The van der Waals surface area contributed by atoms with E-state index in [1.807, 2.05) is 27.7 Å². The SMILES string of the molecule is Cc1ccc(S(=O)(=O)OCCCCCCCN(C(=O)OC(C)(C)C)[C@]23C[C@@H]4C[C@@](C)(C[C@@](C)(C4)C2)C3)cc1. The van der Waals surface area contributed by atoms with Gasteiger partial charge < -0.3 is 9.64 Å². The maximum absolute atomic E-state index is 13.5. The predicted octanol–water partition coefficient (Wildman–Crippen LogP) is 7.64. The van der Waals surface area contributed by atoms with E-state index < -0.39 is 15.7 Å². The maximum Gasteiger partial charge on any atom is 0.410 e. The van der Waals surface area contributed by atoms with Gasteiger partial charge in [0.15, 0.2) is 0 Å². The molecule has 5 rings (SSSR count). The molecule has 1 aromatic carbocycles. The van der Waals surface area contributed by atoms with Crippen molar-refractivity contribution in [3.8, 4) is 0 Å². The summed E-state index contributed by atoms with van der Waals surface area (Å²) < 4.78 is 35.9. The Balaban J connectivity index is 1.28. The average Bonchev–Trinajstić information content (AvgIpc) is 2.74. The predicted molar refractivity (Wildman–Crippen MR) is 150 cm³/mol. The molecule has 4 aliphatic carbocycles. The normalized spacial score (nSPS) is 30.4. The van der Waals surface area contributed by atoms with Gasteiger partial charge in [-0.05, 0) is 108 Å². The summed E-state index contributed by atoms with van der Waals surface area (Å²) in [5.74, 6) is 0.711. The average molecular weight is 548 g/mol. The molecule has 0 unspecified atom stereocenters. The number of rotatable bonds is 11. The lowest BCUT2D eigenvalue weighted by molar-refractivity contribution is -0.157. The van der Waals surface area contributed by atoms with E-state index in [0.717, 1.165) is 57.1 Å². The van der Waals surface area contributed by atoms with E-state index in [9.17, 15) is 13.2 Å². The van der Waals surface area contributed by atoms with Gasteiger partial charge in [0.2, 0.25) is 0 Å². The highest BCUT2D eigenvalue weighted by Gasteiger charge is 2.62. The van der Waals surface area contributed by atoms with Gasteiger partial charge in [0.05, 0.1) is 11.5 Å². The van der Waals surface area contributed by atoms with Crippen molar-refractivity contribution in [1.82, 2.24) is 4.90 Å². The van der Waals surface area contributed by atoms with Crippen molar-refractivity contribution in [3.63, 3.8) is 0 Å². The van der Waals surface area contributed by atoms with E-state index in [1.165, 1.54) is 19.3 Å².